The first-order chi connectivity index (χ1) is 8.00. The molecule has 4 heteroatoms. The highest BCUT2D eigenvalue weighted by Crippen LogP contribution is 2.24. The smallest absolute Gasteiger partial charge is 0.219 e. The third-order valence-electron chi connectivity index (χ3n) is 3.58. The zero-order chi connectivity index (χ0) is 12.8. The minimum absolute atomic E-state index is 0.168. The van der Waals surface area contributed by atoms with E-state index >= 15 is 0 Å². The summed E-state index contributed by atoms with van der Waals surface area (Å²) in [4.78, 5) is 15.3. The number of nitrogens with zero attached hydrogens (tertiary/aromatic N) is 2. The highest BCUT2D eigenvalue weighted by atomic mass is 16.5. The molecule has 0 saturated heterocycles. The van der Waals surface area contributed by atoms with Gasteiger partial charge in [0.1, 0.15) is 0 Å². The molecule has 0 unspecified atom stereocenters. The molecule has 0 atom stereocenters. The van der Waals surface area contributed by atoms with Crippen molar-refractivity contribution in [2.45, 2.75) is 44.8 Å². The van der Waals surface area contributed by atoms with Crippen molar-refractivity contribution in [3.05, 3.63) is 0 Å². The molecule has 0 spiro atoms. The number of hydrogen-bond donors (Lipinski definition) is 0. The van der Waals surface area contributed by atoms with Crippen LogP contribution in [0.5, 0.6) is 0 Å². The molecule has 0 bridgehead atoms. The number of ether oxygens (including phenoxy) is 1. The number of amides is 1. The van der Waals surface area contributed by atoms with Gasteiger partial charge in [0.25, 0.3) is 0 Å². The van der Waals surface area contributed by atoms with Gasteiger partial charge in [-0.2, -0.15) is 0 Å². The first-order valence-electron chi connectivity index (χ1n) is 6.50. The Balaban J connectivity index is 2.19. The van der Waals surface area contributed by atoms with Crippen molar-refractivity contribution in [3.63, 3.8) is 0 Å². The maximum absolute atomic E-state index is 11.3. The minimum atomic E-state index is 0.168. The van der Waals surface area contributed by atoms with Crippen LogP contribution in [0.4, 0.5) is 0 Å². The fraction of sp³-hybridized carbons (Fsp3) is 0.923. The summed E-state index contributed by atoms with van der Waals surface area (Å²) in [7, 11) is 6.02. The van der Waals surface area contributed by atoms with E-state index < -0.39 is 0 Å². The highest BCUT2D eigenvalue weighted by molar-refractivity contribution is 5.73. The van der Waals surface area contributed by atoms with Crippen LogP contribution in [-0.4, -0.2) is 62.1 Å². The quantitative estimate of drug-likeness (QED) is 0.729. The second kappa shape index (κ2) is 6.97. The first kappa shape index (κ1) is 14.5. The number of carbonyl (C=O) groups excluding carboxylic acids is 1. The Labute approximate surface area is 105 Å². The molecule has 0 N–H and O–H groups in total. The SMILES string of the molecule is CC(=O)N(C)[C@H]1CC[C@@H](OCCN(C)C)CC1. The van der Waals surface area contributed by atoms with Crippen LogP contribution < -0.4 is 0 Å². The standard InChI is InChI=1S/C13H26N2O2/c1-11(16)15(4)12-5-7-13(8-6-12)17-10-9-14(2)3/h12-13H,5-10H2,1-4H3/t12-,13+. The van der Waals surface area contributed by atoms with Gasteiger partial charge < -0.3 is 14.5 Å². The van der Waals surface area contributed by atoms with E-state index in [9.17, 15) is 4.79 Å². The van der Waals surface area contributed by atoms with Gasteiger partial charge in [0.2, 0.25) is 5.91 Å². The van der Waals surface area contributed by atoms with Gasteiger partial charge in [-0.1, -0.05) is 0 Å². The van der Waals surface area contributed by atoms with E-state index in [4.69, 9.17) is 4.74 Å². The molecule has 1 rings (SSSR count). The molecule has 0 aromatic carbocycles. The number of rotatable bonds is 5. The monoisotopic (exact) mass is 242 g/mol. The Kier molecular flexibility index (Phi) is 5.92. The average molecular weight is 242 g/mol. The van der Waals surface area contributed by atoms with Gasteiger partial charge in [-0.25, -0.2) is 0 Å². The van der Waals surface area contributed by atoms with Crippen LogP contribution in [0.3, 0.4) is 0 Å². The Morgan fingerprint density at radius 1 is 1.18 bits per heavy atom. The fourth-order valence-electron chi connectivity index (χ4n) is 2.26. The van der Waals surface area contributed by atoms with E-state index in [1.165, 1.54) is 0 Å². The van der Waals surface area contributed by atoms with Crippen LogP contribution in [0.2, 0.25) is 0 Å². The van der Waals surface area contributed by atoms with Gasteiger partial charge in [-0.3, -0.25) is 4.79 Å². The number of likely N-dealkylation sites (N-methyl/N-ethyl adjacent to an activating group) is 1. The van der Waals surface area contributed by atoms with Crippen molar-refractivity contribution in [1.29, 1.82) is 0 Å². The van der Waals surface area contributed by atoms with E-state index in [1.54, 1.807) is 6.92 Å². The van der Waals surface area contributed by atoms with Gasteiger partial charge in [0.05, 0.1) is 12.7 Å². The van der Waals surface area contributed by atoms with Gasteiger partial charge in [0, 0.05) is 26.6 Å². The third kappa shape index (κ3) is 5.04. The highest BCUT2D eigenvalue weighted by Gasteiger charge is 2.25. The molecule has 0 aromatic heterocycles. The molecule has 17 heavy (non-hydrogen) atoms. The topological polar surface area (TPSA) is 32.8 Å². The van der Waals surface area contributed by atoms with Crippen molar-refractivity contribution in [2.24, 2.45) is 0 Å². The van der Waals surface area contributed by atoms with Gasteiger partial charge >= 0.3 is 0 Å². The molecule has 1 amide bonds. The second-order valence-electron chi connectivity index (χ2n) is 5.23. The molecule has 0 aromatic rings. The van der Waals surface area contributed by atoms with Crippen molar-refractivity contribution in [3.8, 4) is 0 Å². The second-order valence-corrected chi connectivity index (χ2v) is 5.23. The predicted octanol–water partition coefficient (Wildman–Crippen LogP) is 1.35. The Morgan fingerprint density at radius 2 is 1.76 bits per heavy atom. The van der Waals surface area contributed by atoms with Crippen molar-refractivity contribution < 1.29 is 9.53 Å². The van der Waals surface area contributed by atoms with E-state index in [2.05, 4.69) is 19.0 Å². The molecule has 0 heterocycles. The number of hydrogen-bond acceptors (Lipinski definition) is 3. The summed E-state index contributed by atoms with van der Waals surface area (Å²) in [6.45, 7) is 3.43. The summed E-state index contributed by atoms with van der Waals surface area (Å²) >= 11 is 0. The first-order valence-corrected chi connectivity index (χ1v) is 6.50. The largest absolute Gasteiger partial charge is 0.377 e. The van der Waals surface area contributed by atoms with E-state index in [0.29, 0.717) is 12.1 Å². The Morgan fingerprint density at radius 3 is 2.24 bits per heavy atom. The summed E-state index contributed by atoms with van der Waals surface area (Å²) in [6, 6.07) is 0.418. The summed E-state index contributed by atoms with van der Waals surface area (Å²) < 4.78 is 5.84. The van der Waals surface area contributed by atoms with Gasteiger partial charge in [-0.15, -0.1) is 0 Å². The molecule has 1 aliphatic carbocycles. The van der Waals surface area contributed by atoms with Crippen LogP contribution in [0.25, 0.3) is 0 Å². The molecule has 1 saturated carbocycles. The van der Waals surface area contributed by atoms with Crippen molar-refractivity contribution >= 4 is 5.91 Å². The lowest BCUT2D eigenvalue weighted by atomic mass is 9.92. The molecule has 1 aliphatic rings. The molecule has 100 valence electrons. The van der Waals surface area contributed by atoms with E-state index in [0.717, 1.165) is 38.8 Å². The normalized spacial score (nSPS) is 25.0. The van der Waals surface area contributed by atoms with Crippen LogP contribution in [0, 0.1) is 0 Å². The zero-order valence-electron chi connectivity index (χ0n) is 11.6. The Bertz CT molecular complexity index is 236. The third-order valence-corrected chi connectivity index (χ3v) is 3.58. The van der Waals surface area contributed by atoms with E-state index in [-0.39, 0.29) is 5.91 Å². The minimum Gasteiger partial charge on any atom is -0.377 e. The molecule has 4 nitrogen and oxygen atoms in total. The van der Waals surface area contributed by atoms with Crippen LogP contribution in [0.15, 0.2) is 0 Å². The maximum Gasteiger partial charge on any atom is 0.219 e. The van der Waals surface area contributed by atoms with Crippen molar-refractivity contribution in [1.82, 2.24) is 9.80 Å². The molecule has 0 radical (unpaired) electrons. The summed E-state index contributed by atoms with van der Waals surface area (Å²) in [6.07, 6.45) is 4.70. The molecular formula is C13H26N2O2. The van der Waals surface area contributed by atoms with Gasteiger partial charge in [0.15, 0.2) is 0 Å². The molecule has 1 fully saturated rings. The Hall–Kier alpha value is -0.610. The lowest BCUT2D eigenvalue weighted by Gasteiger charge is -2.34. The zero-order valence-corrected chi connectivity index (χ0v) is 11.6. The average Bonchev–Trinajstić information content (AvgIpc) is 2.28. The van der Waals surface area contributed by atoms with Crippen LogP contribution in [-0.2, 0) is 9.53 Å². The fourth-order valence-corrected chi connectivity index (χ4v) is 2.26. The summed E-state index contributed by atoms with van der Waals surface area (Å²) in [5, 5.41) is 0. The molecule has 0 aliphatic heterocycles. The summed E-state index contributed by atoms with van der Waals surface area (Å²) in [5.41, 5.74) is 0. The van der Waals surface area contributed by atoms with Crippen molar-refractivity contribution in [2.75, 3.05) is 34.3 Å². The maximum atomic E-state index is 11.3. The predicted molar refractivity (Wildman–Crippen MR) is 69.0 cm³/mol. The number of carbonyl (C=O) groups is 1. The van der Waals surface area contributed by atoms with Gasteiger partial charge in [-0.05, 0) is 39.8 Å². The van der Waals surface area contributed by atoms with Crippen LogP contribution in [0.1, 0.15) is 32.6 Å². The van der Waals surface area contributed by atoms with Crippen LogP contribution >= 0.6 is 0 Å². The van der Waals surface area contributed by atoms with E-state index in [1.807, 2.05) is 11.9 Å². The lowest BCUT2D eigenvalue weighted by Crippen LogP contribution is -2.39. The molecular weight excluding hydrogens is 216 g/mol. The lowest BCUT2D eigenvalue weighted by molar-refractivity contribution is -0.130. The summed E-state index contributed by atoms with van der Waals surface area (Å²) in [5.74, 6) is 0.168.